The SMILES string of the molecule is CCCN(c1ccc(OC(F)(F)F)cc1)c1ncc(CO[C@@H]2COc3nc([N+](=O)[O-])cn3C2)cn1. The van der Waals surface area contributed by atoms with Crippen molar-refractivity contribution in [2.75, 3.05) is 18.1 Å². The van der Waals surface area contributed by atoms with Gasteiger partial charge in [0.25, 0.3) is 0 Å². The molecule has 186 valence electrons. The average molecular weight is 494 g/mol. The lowest BCUT2D eigenvalue weighted by Gasteiger charge is -2.23. The first kappa shape index (κ1) is 24.2. The molecule has 0 spiro atoms. The van der Waals surface area contributed by atoms with Crippen LogP contribution in [0.5, 0.6) is 11.8 Å². The second-order valence-electron chi connectivity index (χ2n) is 7.62. The first-order valence-electron chi connectivity index (χ1n) is 10.6. The molecular weight excluding hydrogens is 473 g/mol. The van der Waals surface area contributed by atoms with Gasteiger partial charge in [-0.25, -0.2) is 9.97 Å². The molecule has 0 unspecified atom stereocenters. The number of benzene rings is 1. The van der Waals surface area contributed by atoms with Crippen molar-refractivity contribution in [2.45, 2.75) is 39.0 Å². The molecule has 3 heterocycles. The van der Waals surface area contributed by atoms with Gasteiger partial charge in [0.1, 0.15) is 24.7 Å². The third-order valence-electron chi connectivity index (χ3n) is 4.96. The summed E-state index contributed by atoms with van der Waals surface area (Å²) in [5.74, 6) is -0.213. The molecule has 0 radical (unpaired) electrons. The van der Waals surface area contributed by atoms with E-state index in [1.807, 2.05) is 6.92 Å². The second-order valence-corrected chi connectivity index (χ2v) is 7.62. The quantitative estimate of drug-likeness (QED) is 0.321. The molecule has 0 amide bonds. The number of alkyl halides is 3. The normalized spacial score (nSPS) is 15.3. The number of rotatable bonds is 9. The van der Waals surface area contributed by atoms with Gasteiger partial charge in [0.05, 0.1) is 13.2 Å². The summed E-state index contributed by atoms with van der Waals surface area (Å²) in [6, 6.07) is 5.67. The van der Waals surface area contributed by atoms with Crippen LogP contribution < -0.4 is 14.4 Å². The Balaban J connectivity index is 1.37. The van der Waals surface area contributed by atoms with Crippen LogP contribution in [0.2, 0.25) is 0 Å². The van der Waals surface area contributed by atoms with Crippen LogP contribution in [-0.2, 0) is 17.9 Å². The molecule has 1 atom stereocenters. The third kappa shape index (κ3) is 6.15. The number of aromatic nitrogens is 4. The summed E-state index contributed by atoms with van der Waals surface area (Å²) in [4.78, 5) is 24.6. The Morgan fingerprint density at radius 2 is 1.97 bits per heavy atom. The van der Waals surface area contributed by atoms with E-state index < -0.39 is 11.3 Å². The maximum Gasteiger partial charge on any atom is 0.573 e. The topological polar surface area (TPSA) is 118 Å². The summed E-state index contributed by atoms with van der Waals surface area (Å²) >= 11 is 0. The van der Waals surface area contributed by atoms with Crippen LogP contribution >= 0.6 is 0 Å². The molecular formula is C21H21F3N6O5. The molecule has 1 aromatic carbocycles. The molecule has 1 aliphatic heterocycles. The Kier molecular flexibility index (Phi) is 7.00. The smallest absolute Gasteiger partial charge is 0.443 e. The third-order valence-corrected chi connectivity index (χ3v) is 4.96. The highest BCUT2D eigenvalue weighted by Crippen LogP contribution is 2.28. The Morgan fingerprint density at radius 1 is 1.26 bits per heavy atom. The van der Waals surface area contributed by atoms with Crippen molar-refractivity contribution in [1.82, 2.24) is 19.5 Å². The van der Waals surface area contributed by atoms with Crippen molar-refractivity contribution in [3.63, 3.8) is 0 Å². The van der Waals surface area contributed by atoms with E-state index in [2.05, 4.69) is 19.7 Å². The number of hydrogen-bond acceptors (Lipinski definition) is 9. The standard InChI is InChI=1S/C21H21F3N6O5/c1-2-7-29(15-3-5-16(6-4-15)35-21(22,23)24)19-25-8-14(9-26-19)12-33-17-10-28-11-18(30(31)32)27-20(28)34-13-17/h3-6,8-9,11,17H,2,7,10,12-13H2,1H3/t17-/m0/s1. The highest BCUT2D eigenvalue weighted by Gasteiger charge is 2.31. The fraction of sp³-hybridized carbons (Fsp3) is 0.381. The molecule has 11 nitrogen and oxygen atoms in total. The summed E-state index contributed by atoms with van der Waals surface area (Å²) in [6.07, 6.45) is 0.156. The zero-order valence-corrected chi connectivity index (χ0v) is 18.5. The van der Waals surface area contributed by atoms with Crippen LogP contribution in [0.1, 0.15) is 18.9 Å². The molecule has 0 bridgehead atoms. The van der Waals surface area contributed by atoms with Crippen molar-refractivity contribution in [3.8, 4) is 11.8 Å². The van der Waals surface area contributed by atoms with E-state index in [0.29, 0.717) is 30.3 Å². The van der Waals surface area contributed by atoms with Crippen LogP contribution in [0, 0.1) is 10.1 Å². The maximum atomic E-state index is 12.4. The van der Waals surface area contributed by atoms with E-state index in [-0.39, 0.29) is 36.9 Å². The minimum absolute atomic E-state index is 0.179. The first-order valence-corrected chi connectivity index (χ1v) is 10.6. The number of hydrogen-bond donors (Lipinski definition) is 0. The van der Waals surface area contributed by atoms with E-state index in [1.54, 1.807) is 17.3 Å². The van der Waals surface area contributed by atoms with Gasteiger partial charge >= 0.3 is 18.2 Å². The van der Waals surface area contributed by atoms with Gasteiger partial charge in [0.15, 0.2) is 0 Å². The number of fused-ring (bicyclic) bond motifs is 1. The van der Waals surface area contributed by atoms with E-state index in [0.717, 1.165) is 6.42 Å². The average Bonchev–Trinajstić information content (AvgIpc) is 3.25. The van der Waals surface area contributed by atoms with Crippen molar-refractivity contribution >= 4 is 17.5 Å². The molecule has 4 rings (SSSR count). The zero-order chi connectivity index (χ0) is 25.0. The van der Waals surface area contributed by atoms with Crippen LogP contribution in [-0.4, -0.2) is 50.1 Å². The fourth-order valence-corrected chi connectivity index (χ4v) is 3.43. The van der Waals surface area contributed by atoms with Gasteiger partial charge < -0.3 is 29.2 Å². The zero-order valence-electron chi connectivity index (χ0n) is 18.5. The van der Waals surface area contributed by atoms with E-state index in [4.69, 9.17) is 9.47 Å². The second kappa shape index (κ2) is 10.1. The Labute approximate surface area is 197 Å². The molecule has 0 fully saturated rings. The minimum Gasteiger partial charge on any atom is -0.443 e. The molecule has 0 aliphatic carbocycles. The van der Waals surface area contributed by atoms with Gasteiger partial charge in [0, 0.05) is 35.2 Å². The molecule has 1 aliphatic rings. The highest BCUT2D eigenvalue weighted by molar-refractivity contribution is 5.58. The summed E-state index contributed by atoms with van der Waals surface area (Å²) in [7, 11) is 0. The Morgan fingerprint density at radius 3 is 2.60 bits per heavy atom. The molecule has 2 aromatic heterocycles. The number of nitrogens with zero attached hydrogens (tertiary/aromatic N) is 6. The Bertz CT molecular complexity index is 1150. The van der Waals surface area contributed by atoms with Gasteiger partial charge in [-0.1, -0.05) is 6.92 Å². The van der Waals surface area contributed by atoms with Gasteiger partial charge in [0.2, 0.25) is 5.95 Å². The van der Waals surface area contributed by atoms with Crippen LogP contribution in [0.25, 0.3) is 0 Å². The fourth-order valence-electron chi connectivity index (χ4n) is 3.43. The molecule has 0 N–H and O–H groups in total. The van der Waals surface area contributed by atoms with Crippen molar-refractivity contribution in [2.24, 2.45) is 0 Å². The molecule has 3 aromatic rings. The predicted octanol–water partition coefficient (Wildman–Crippen LogP) is 4.01. The minimum atomic E-state index is -4.76. The van der Waals surface area contributed by atoms with Crippen LogP contribution in [0.15, 0.2) is 42.9 Å². The van der Waals surface area contributed by atoms with Crippen LogP contribution in [0.4, 0.5) is 30.6 Å². The monoisotopic (exact) mass is 494 g/mol. The summed E-state index contributed by atoms with van der Waals surface area (Å²) in [5.41, 5.74) is 1.32. The van der Waals surface area contributed by atoms with Gasteiger partial charge in [-0.3, -0.25) is 4.57 Å². The lowest BCUT2D eigenvalue weighted by Crippen LogP contribution is -2.32. The highest BCUT2D eigenvalue weighted by atomic mass is 19.4. The number of nitro groups is 1. The molecule has 14 heteroatoms. The summed E-state index contributed by atoms with van der Waals surface area (Å²) in [6.45, 7) is 3.26. The van der Waals surface area contributed by atoms with Crippen molar-refractivity contribution in [3.05, 3.63) is 58.5 Å². The summed E-state index contributed by atoms with van der Waals surface area (Å²) < 4.78 is 53.9. The van der Waals surface area contributed by atoms with Gasteiger partial charge in [-0.2, -0.15) is 0 Å². The maximum absolute atomic E-state index is 12.4. The van der Waals surface area contributed by atoms with Gasteiger partial charge in [-0.05, 0) is 35.6 Å². The number of anilines is 2. The molecule has 35 heavy (non-hydrogen) atoms. The molecule has 0 saturated carbocycles. The molecule has 0 saturated heterocycles. The summed E-state index contributed by atoms with van der Waals surface area (Å²) in [5, 5.41) is 10.9. The number of ether oxygens (including phenoxy) is 3. The predicted molar refractivity (Wildman–Crippen MR) is 115 cm³/mol. The van der Waals surface area contributed by atoms with E-state index in [9.17, 15) is 23.3 Å². The largest absolute Gasteiger partial charge is 0.573 e. The first-order chi connectivity index (χ1) is 16.7. The van der Waals surface area contributed by atoms with Crippen molar-refractivity contribution < 1.29 is 32.3 Å². The number of halogens is 3. The van der Waals surface area contributed by atoms with E-state index >= 15 is 0 Å². The van der Waals surface area contributed by atoms with Gasteiger partial charge in [-0.15, -0.1) is 13.2 Å². The van der Waals surface area contributed by atoms with Crippen LogP contribution in [0.3, 0.4) is 0 Å². The lowest BCUT2D eigenvalue weighted by atomic mass is 10.2. The van der Waals surface area contributed by atoms with Crippen molar-refractivity contribution in [1.29, 1.82) is 0 Å². The number of imidazole rings is 1. The van der Waals surface area contributed by atoms with E-state index in [1.165, 1.54) is 35.0 Å². The Hall–Kier alpha value is -3.94. The lowest BCUT2D eigenvalue weighted by molar-refractivity contribution is -0.389.